The third kappa shape index (κ3) is 2.81. The third-order valence-corrected chi connectivity index (χ3v) is 3.00. The van der Waals surface area contributed by atoms with E-state index >= 15 is 0 Å². The van der Waals surface area contributed by atoms with Gasteiger partial charge in [-0.15, -0.1) is 0 Å². The maximum absolute atomic E-state index is 12.6. The molecule has 112 valence electrons. The van der Waals surface area contributed by atoms with Crippen LogP contribution in [0.25, 0.3) is 11.0 Å². The van der Waals surface area contributed by atoms with Gasteiger partial charge in [0.1, 0.15) is 11.3 Å². The predicted molar refractivity (Wildman–Crippen MR) is 72.6 cm³/mol. The van der Waals surface area contributed by atoms with Crippen LogP contribution in [0.5, 0.6) is 5.75 Å². The molecule has 0 saturated heterocycles. The van der Waals surface area contributed by atoms with E-state index < -0.39 is 17.7 Å². The summed E-state index contributed by atoms with van der Waals surface area (Å²) in [6.45, 7) is 0. The molecule has 0 saturated carbocycles. The molecular weight excluding hydrogens is 297 g/mol. The van der Waals surface area contributed by atoms with Crippen LogP contribution in [0.15, 0.2) is 59.0 Å². The molecule has 3 aromatic rings. The Morgan fingerprint density at radius 2 is 1.73 bits per heavy atom. The Labute approximate surface area is 122 Å². The smallest absolute Gasteiger partial charge is 0.416 e. The van der Waals surface area contributed by atoms with Crippen LogP contribution < -0.4 is 4.74 Å². The molecule has 0 aliphatic heterocycles. The molecule has 0 spiro atoms. The number of carbonyl (C=O) groups excluding carboxylic acids is 1. The van der Waals surface area contributed by atoms with Gasteiger partial charge in [-0.3, -0.25) is 0 Å². The van der Waals surface area contributed by atoms with Crippen LogP contribution in [0.4, 0.5) is 13.2 Å². The molecule has 2 aromatic carbocycles. The molecule has 0 bridgehead atoms. The van der Waals surface area contributed by atoms with E-state index in [1.54, 1.807) is 30.3 Å². The lowest BCUT2D eigenvalue weighted by molar-refractivity contribution is -0.137. The molecule has 1 heterocycles. The van der Waals surface area contributed by atoms with Gasteiger partial charge < -0.3 is 9.15 Å². The zero-order chi connectivity index (χ0) is 15.7. The van der Waals surface area contributed by atoms with Crippen LogP contribution >= 0.6 is 0 Å². The van der Waals surface area contributed by atoms with Crippen LogP contribution in [-0.2, 0) is 6.18 Å². The Hall–Kier alpha value is -2.76. The molecule has 0 amide bonds. The summed E-state index contributed by atoms with van der Waals surface area (Å²) in [6.07, 6.45) is -4.45. The molecule has 0 atom stereocenters. The minimum Gasteiger partial charge on any atom is -0.449 e. The van der Waals surface area contributed by atoms with Crippen LogP contribution in [0.2, 0.25) is 0 Å². The van der Waals surface area contributed by atoms with Gasteiger partial charge in [-0.2, -0.15) is 13.2 Å². The van der Waals surface area contributed by atoms with Crippen molar-refractivity contribution >= 4 is 16.9 Å². The molecule has 0 radical (unpaired) electrons. The van der Waals surface area contributed by atoms with Crippen molar-refractivity contribution in [1.29, 1.82) is 0 Å². The molecule has 6 heteroatoms. The van der Waals surface area contributed by atoms with Gasteiger partial charge in [-0.25, -0.2) is 4.79 Å². The number of alkyl halides is 3. The van der Waals surface area contributed by atoms with Crippen molar-refractivity contribution in [3.05, 3.63) is 65.9 Å². The molecule has 0 aliphatic carbocycles. The maximum Gasteiger partial charge on any atom is 0.416 e. The Bertz CT molecular complexity index is 820. The number of hydrogen-bond acceptors (Lipinski definition) is 3. The van der Waals surface area contributed by atoms with E-state index in [1.165, 1.54) is 12.1 Å². The highest BCUT2D eigenvalue weighted by Gasteiger charge is 2.31. The number of ether oxygens (including phenoxy) is 1. The number of benzene rings is 2. The molecule has 3 rings (SSSR count). The number of carbonyl (C=O) groups is 1. The molecule has 1 aromatic heterocycles. The summed E-state index contributed by atoms with van der Waals surface area (Å²) in [5.41, 5.74) is -0.614. The zero-order valence-electron chi connectivity index (χ0n) is 11.1. The minimum absolute atomic E-state index is 0.154. The van der Waals surface area contributed by atoms with Crippen molar-refractivity contribution in [2.75, 3.05) is 0 Å². The molecule has 0 fully saturated rings. The lowest BCUT2D eigenvalue weighted by Gasteiger charge is -2.04. The van der Waals surface area contributed by atoms with E-state index in [1.807, 2.05) is 0 Å². The van der Waals surface area contributed by atoms with Crippen LogP contribution in [-0.4, -0.2) is 5.97 Å². The maximum atomic E-state index is 12.6. The average Bonchev–Trinajstić information content (AvgIpc) is 2.90. The molecule has 0 N–H and O–H groups in total. The second-order valence-corrected chi connectivity index (χ2v) is 4.56. The Morgan fingerprint density at radius 3 is 2.41 bits per heavy atom. The van der Waals surface area contributed by atoms with Gasteiger partial charge in [-0.1, -0.05) is 18.2 Å². The van der Waals surface area contributed by atoms with Crippen LogP contribution in [0.1, 0.15) is 16.1 Å². The van der Waals surface area contributed by atoms with Crippen molar-refractivity contribution in [2.24, 2.45) is 0 Å². The van der Waals surface area contributed by atoms with Crippen LogP contribution in [0.3, 0.4) is 0 Å². The van der Waals surface area contributed by atoms with Crippen molar-refractivity contribution in [3.8, 4) is 5.75 Å². The monoisotopic (exact) mass is 306 g/mol. The van der Waals surface area contributed by atoms with Gasteiger partial charge in [0, 0.05) is 5.39 Å². The Kier molecular flexibility index (Phi) is 3.36. The highest BCUT2D eigenvalue weighted by molar-refractivity contribution is 5.93. The fraction of sp³-hybridized carbons (Fsp3) is 0.0625. The predicted octanol–water partition coefficient (Wildman–Crippen LogP) is 4.67. The first kappa shape index (κ1) is 14.2. The zero-order valence-corrected chi connectivity index (χ0v) is 11.1. The molecular formula is C16H9F3O3. The summed E-state index contributed by atoms with van der Waals surface area (Å²) in [6, 6.07) is 12.6. The summed E-state index contributed by atoms with van der Waals surface area (Å²) >= 11 is 0. The summed E-state index contributed by atoms with van der Waals surface area (Å²) in [5, 5.41) is 0.190. The van der Waals surface area contributed by atoms with Gasteiger partial charge in [0.05, 0.1) is 5.56 Å². The van der Waals surface area contributed by atoms with Gasteiger partial charge in [-0.05, 0) is 36.4 Å². The highest BCUT2D eigenvalue weighted by atomic mass is 19.4. The minimum atomic E-state index is -4.45. The van der Waals surface area contributed by atoms with Crippen molar-refractivity contribution < 1.29 is 27.1 Å². The Morgan fingerprint density at radius 1 is 1.00 bits per heavy atom. The standard InChI is InChI=1S/C16H9F3O3/c17-16(18,19)11-6-7-13-10(8-11)9-14(22-13)15(20)21-12-4-2-1-3-5-12/h1-9H. The molecule has 3 nitrogen and oxygen atoms in total. The second kappa shape index (κ2) is 5.22. The number of halogens is 3. The fourth-order valence-corrected chi connectivity index (χ4v) is 1.97. The van der Waals surface area contributed by atoms with E-state index in [9.17, 15) is 18.0 Å². The van der Waals surface area contributed by atoms with Gasteiger partial charge in [0.15, 0.2) is 0 Å². The third-order valence-electron chi connectivity index (χ3n) is 3.00. The number of rotatable bonds is 2. The summed E-state index contributed by atoms with van der Waals surface area (Å²) in [4.78, 5) is 11.9. The van der Waals surface area contributed by atoms with Gasteiger partial charge in [0.2, 0.25) is 5.76 Å². The first-order valence-electron chi connectivity index (χ1n) is 6.31. The number of fused-ring (bicyclic) bond motifs is 1. The van der Waals surface area contributed by atoms with Crippen molar-refractivity contribution in [1.82, 2.24) is 0 Å². The van der Waals surface area contributed by atoms with E-state index in [0.717, 1.165) is 12.1 Å². The summed E-state index contributed by atoms with van der Waals surface area (Å²) in [7, 11) is 0. The second-order valence-electron chi connectivity index (χ2n) is 4.56. The Balaban J connectivity index is 1.90. The fourth-order valence-electron chi connectivity index (χ4n) is 1.97. The lowest BCUT2D eigenvalue weighted by atomic mass is 10.1. The average molecular weight is 306 g/mol. The van der Waals surface area contributed by atoms with E-state index in [4.69, 9.17) is 9.15 Å². The largest absolute Gasteiger partial charge is 0.449 e. The van der Waals surface area contributed by atoms with E-state index in [2.05, 4.69) is 0 Å². The van der Waals surface area contributed by atoms with Crippen molar-refractivity contribution in [2.45, 2.75) is 6.18 Å². The molecule has 0 aliphatic rings. The first-order chi connectivity index (χ1) is 10.4. The number of para-hydroxylation sites is 1. The summed E-state index contributed by atoms with van der Waals surface area (Å²) < 4.78 is 48.2. The SMILES string of the molecule is O=C(Oc1ccccc1)c1cc2cc(C(F)(F)F)ccc2o1. The quantitative estimate of drug-likeness (QED) is 0.510. The first-order valence-corrected chi connectivity index (χ1v) is 6.31. The van der Waals surface area contributed by atoms with E-state index in [-0.39, 0.29) is 16.7 Å². The number of esters is 1. The molecule has 0 unspecified atom stereocenters. The molecule has 22 heavy (non-hydrogen) atoms. The van der Waals surface area contributed by atoms with Gasteiger partial charge >= 0.3 is 12.1 Å². The van der Waals surface area contributed by atoms with E-state index in [0.29, 0.717) is 5.75 Å². The van der Waals surface area contributed by atoms with Gasteiger partial charge in [0.25, 0.3) is 0 Å². The number of hydrogen-bond donors (Lipinski definition) is 0. The van der Waals surface area contributed by atoms with Crippen molar-refractivity contribution in [3.63, 3.8) is 0 Å². The number of furan rings is 1. The topological polar surface area (TPSA) is 39.4 Å². The normalized spacial score (nSPS) is 11.6. The summed E-state index contributed by atoms with van der Waals surface area (Å²) in [5.74, 6) is -0.599. The highest BCUT2D eigenvalue weighted by Crippen LogP contribution is 2.32. The lowest BCUT2D eigenvalue weighted by Crippen LogP contribution is -2.06. The van der Waals surface area contributed by atoms with Crippen LogP contribution in [0, 0.1) is 0 Å².